The number of nitrogens with one attached hydrogen (secondary N) is 1. The number of anilines is 2. The third-order valence-corrected chi connectivity index (χ3v) is 4.04. The van der Waals surface area contributed by atoms with Gasteiger partial charge in [0.05, 0.1) is 12.6 Å². The van der Waals surface area contributed by atoms with Crippen LogP contribution in [0.2, 0.25) is 0 Å². The van der Waals surface area contributed by atoms with Crippen molar-refractivity contribution in [3.05, 3.63) is 20.8 Å². The number of hydrogen-bond donors (Lipinski definition) is 3. The monoisotopic (exact) mass is 296 g/mol. The molecule has 4 N–H and O–H groups in total. The van der Waals surface area contributed by atoms with Gasteiger partial charge in [-0.3, -0.25) is 14.3 Å². The van der Waals surface area contributed by atoms with Gasteiger partial charge in [0, 0.05) is 13.1 Å². The van der Waals surface area contributed by atoms with E-state index >= 15 is 0 Å². The van der Waals surface area contributed by atoms with Gasteiger partial charge in [-0.2, -0.15) is 0 Å². The number of nitrogens with two attached hydrogens (primary N) is 1. The van der Waals surface area contributed by atoms with Crippen molar-refractivity contribution in [3.63, 3.8) is 0 Å². The molecule has 0 aliphatic carbocycles. The zero-order chi connectivity index (χ0) is 15.4. The molecule has 1 fully saturated rings. The Morgan fingerprint density at radius 3 is 2.76 bits per heavy atom. The molecule has 2 heterocycles. The summed E-state index contributed by atoms with van der Waals surface area (Å²) in [6, 6.07) is -0.122. The standard InChI is InChI=1S/C14H24N4O3/c1-2-7-18-12(15)11(13(20)16-14(18)21)17-8-5-3-4-6-10(17)9-19/h10,19H,2-9,15H2,1H3,(H,16,20,21). The molecule has 1 aromatic rings. The summed E-state index contributed by atoms with van der Waals surface area (Å²) in [6.45, 7) is 3.06. The minimum absolute atomic E-state index is 0.0220. The van der Waals surface area contributed by atoms with Gasteiger partial charge in [0.2, 0.25) is 0 Å². The molecule has 0 aromatic carbocycles. The van der Waals surface area contributed by atoms with E-state index in [1.165, 1.54) is 4.57 Å². The lowest BCUT2D eigenvalue weighted by molar-refractivity contribution is 0.255. The predicted octanol–water partition coefficient (Wildman–Crippen LogP) is 0.270. The van der Waals surface area contributed by atoms with Gasteiger partial charge in [0.15, 0.2) is 0 Å². The van der Waals surface area contributed by atoms with Gasteiger partial charge >= 0.3 is 5.69 Å². The third-order valence-electron chi connectivity index (χ3n) is 4.04. The highest BCUT2D eigenvalue weighted by Gasteiger charge is 2.26. The molecule has 1 aliphatic rings. The molecule has 1 aliphatic heterocycles. The van der Waals surface area contributed by atoms with Crippen LogP contribution in [0.5, 0.6) is 0 Å². The van der Waals surface area contributed by atoms with Gasteiger partial charge in [0.1, 0.15) is 11.5 Å². The minimum Gasteiger partial charge on any atom is -0.394 e. The average molecular weight is 296 g/mol. The Kier molecular flexibility index (Phi) is 5.06. The molecule has 21 heavy (non-hydrogen) atoms. The van der Waals surface area contributed by atoms with Gasteiger partial charge in [-0.05, 0) is 19.3 Å². The Morgan fingerprint density at radius 1 is 1.33 bits per heavy atom. The van der Waals surface area contributed by atoms with Gasteiger partial charge in [-0.15, -0.1) is 0 Å². The highest BCUT2D eigenvalue weighted by Crippen LogP contribution is 2.25. The van der Waals surface area contributed by atoms with Crippen molar-refractivity contribution < 1.29 is 5.11 Å². The van der Waals surface area contributed by atoms with Crippen LogP contribution in [0.1, 0.15) is 39.0 Å². The molecule has 7 heteroatoms. The van der Waals surface area contributed by atoms with E-state index in [4.69, 9.17) is 5.73 Å². The first-order valence-corrected chi connectivity index (χ1v) is 7.60. The molecule has 0 spiro atoms. The van der Waals surface area contributed by atoms with E-state index in [1.54, 1.807) is 0 Å². The van der Waals surface area contributed by atoms with Crippen LogP contribution >= 0.6 is 0 Å². The van der Waals surface area contributed by atoms with E-state index in [0.717, 1.165) is 32.1 Å². The minimum atomic E-state index is -0.474. The van der Waals surface area contributed by atoms with Crippen molar-refractivity contribution in [1.82, 2.24) is 9.55 Å². The maximum atomic E-state index is 12.2. The molecular formula is C14H24N4O3. The number of aliphatic hydroxyl groups excluding tert-OH is 1. The number of hydrogen-bond acceptors (Lipinski definition) is 5. The predicted molar refractivity (Wildman–Crippen MR) is 82.7 cm³/mol. The van der Waals surface area contributed by atoms with Crippen molar-refractivity contribution in [3.8, 4) is 0 Å². The van der Waals surface area contributed by atoms with Crippen molar-refractivity contribution in [2.45, 2.75) is 51.6 Å². The largest absolute Gasteiger partial charge is 0.394 e. The quantitative estimate of drug-likeness (QED) is 0.740. The number of rotatable bonds is 4. The first kappa shape index (κ1) is 15.6. The van der Waals surface area contributed by atoms with Crippen LogP contribution in [-0.2, 0) is 6.54 Å². The number of nitrogens with zero attached hydrogens (tertiary/aromatic N) is 2. The highest BCUT2D eigenvalue weighted by atomic mass is 16.3. The summed E-state index contributed by atoms with van der Waals surface area (Å²) in [5.74, 6) is 0.200. The summed E-state index contributed by atoms with van der Waals surface area (Å²) < 4.78 is 1.40. The second kappa shape index (κ2) is 6.80. The van der Waals surface area contributed by atoms with Crippen molar-refractivity contribution in [2.24, 2.45) is 0 Å². The van der Waals surface area contributed by atoms with Crippen LogP contribution in [0.3, 0.4) is 0 Å². The maximum Gasteiger partial charge on any atom is 0.330 e. The summed E-state index contributed by atoms with van der Waals surface area (Å²) in [7, 11) is 0. The Hall–Kier alpha value is -1.76. The van der Waals surface area contributed by atoms with E-state index in [-0.39, 0.29) is 18.5 Å². The smallest absolute Gasteiger partial charge is 0.330 e. The third kappa shape index (κ3) is 3.12. The molecule has 118 valence electrons. The Bertz CT molecular complexity index is 593. The molecule has 0 saturated carbocycles. The lowest BCUT2D eigenvalue weighted by Gasteiger charge is -2.31. The first-order chi connectivity index (χ1) is 10.1. The van der Waals surface area contributed by atoms with E-state index in [2.05, 4.69) is 4.98 Å². The second-order valence-electron chi connectivity index (χ2n) is 5.52. The molecule has 0 amide bonds. The zero-order valence-electron chi connectivity index (χ0n) is 12.5. The molecule has 7 nitrogen and oxygen atoms in total. The highest BCUT2D eigenvalue weighted by molar-refractivity contribution is 5.63. The Balaban J connectivity index is 2.53. The molecule has 0 radical (unpaired) electrons. The van der Waals surface area contributed by atoms with Crippen LogP contribution in [0, 0.1) is 0 Å². The van der Waals surface area contributed by atoms with E-state index in [0.29, 0.717) is 18.8 Å². The topological polar surface area (TPSA) is 104 Å². The molecule has 0 bridgehead atoms. The van der Waals surface area contributed by atoms with Crippen LogP contribution in [-0.4, -0.2) is 33.9 Å². The summed E-state index contributed by atoms with van der Waals surface area (Å²) >= 11 is 0. The lowest BCUT2D eigenvalue weighted by atomic mass is 10.1. The van der Waals surface area contributed by atoms with Gasteiger partial charge in [-0.1, -0.05) is 19.8 Å². The van der Waals surface area contributed by atoms with Crippen LogP contribution < -0.4 is 21.9 Å². The normalized spacial score (nSPS) is 19.5. The summed E-state index contributed by atoms with van der Waals surface area (Å²) in [6.07, 6.45) is 4.61. The number of aliphatic hydroxyl groups is 1. The van der Waals surface area contributed by atoms with E-state index in [1.807, 2.05) is 11.8 Å². The number of aromatic nitrogens is 2. The number of nitrogen functional groups attached to an aromatic ring is 1. The van der Waals surface area contributed by atoms with Crippen molar-refractivity contribution >= 4 is 11.5 Å². The lowest BCUT2D eigenvalue weighted by Crippen LogP contribution is -2.44. The summed E-state index contributed by atoms with van der Waals surface area (Å²) in [5, 5.41) is 9.59. The fourth-order valence-corrected chi connectivity index (χ4v) is 2.96. The molecule has 2 rings (SSSR count). The molecule has 1 atom stereocenters. The molecule has 1 aromatic heterocycles. The summed E-state index contributed by atoms with van der Waals surface area (Å²) in [5.41, 5.74) is 5.47. The van der Waals surface area contributed by atoms with Crippen LogP contribution in [0.15, 0.2) is 9.59 Å². The fraction of sp³-hybridized carbons (Fsp3) is 0.714. The Morgan fingerprint density at radius 2 is 2.10 bits per heavy atom. The van der Waals surface area contributed by atoms with E-state index in [9.17, 15) is 14.7 Å². The molecule has 1 saturated heterocycles. The second-order valence-corrected chi connectivity index (χ2v) is 5.52. The first-order valence-electron chi connectivity index (χ1n) is 7.60. The fourth-order valence-electron chi connectivity index (χ4n) is 2.96. The summed E-state index contributed by atoms with van der Waals surface area (Å²) in [4.78, 5) is 28.3. The zero-order valence-corrected chi connectivity index (χ0v) is 12.5. The number of H-pyrrole nitrogens is 1. The number of aromatic amines is 1. The van der Waals surface area contributed by atoms with Gasteiger partial charge in [-0.25, -0.2) is 4.79 Å². The Labute approximate surface area is 123 Å². The van der Waals surface area contributed by atoms with Gasteiger partial charge in [0.25, 0.3) is 5.56 Å². The molecular weight excluding hydrogens is 272 g/mol. The SMILES string of the molecule is CCCn1c(N)c(N2CCCCCC2CO)c(=O)[nH]c1=O. The molecule has 1 unspecified atom stereocenters. The van der Waals surface area contributed by atoms with Crippen LogP contribution in [0.4, 0.5) is 11.5 Å². The van der Waals surface area contributed by atoms with Crippen molar-refractivity contribution in [2.75, 3.05) is 23.8 Å². The maximum absolute atomic E-state index is 12.2. The van der Waals surface area contributed by atoms with Crippen molar-refractivity contribution in [1.29, 1.82) is 0 Å². The average Bonchev–Trinajstić information content (AvgIpc) is 2.68. The van der Waals surface area contributed by atoms with E-state index < -0.39 is 11.2 Å². The van der Waals surface area contributed by atoms with Crippen LogP contribution in [0.25, 0.3) is 0 Å². The van der Waals surface area contributed by atoms with Gasteiger partial charge < -0.3 is 15.7 Å².